The van der Waals surface area contributed by atoms with Crippen LogP contribution in [0.4, 0.5) is 0 Å². The van der Waals surface area contributed by atoms with Gasteiger partial charge in [0.25, 0.3) is 0 Å². The first-order chi connectivity index (χ1) is 6.15. The van der Waals surface area contributed by atoms with Gasteiger partial charge in [-0.3, -0.25) is 0 Å². The summed E-state index contributed by atoms with van der Waals surface area (Å²) in [6.45, 7) is 5.16. The van der Waals surface area contributed by atoms with Crippen LogP contribution in [0.1, 0.15) is 25.3 Å². The molecule has 2 heteroatoms. The average Bonchev–Trinajstić information content (AvgIpc) is 2.17. The Hall–Kier alpha value is -0.340. The summed E-state index contributed by atoms with van der Waals surface area (Å²) in [4.78, 5) is 0. The van der Waals surface area contributed by atoms with Crippen LogP contribution in [0.15, 0.2) is 28.7 Å². The minimum Gasteiger partial charge on any atom is -0.330 e. The van der Waals surface area contributed by atoms with Crippen molar-refractivity contribution in [3.8, 4) is 0 Å². The molecular weight excluding hydrogens is 226 g/mol. The van der Waals surface area contributed by atoms with Crippen molar-refractivity contribution in [2.45, 2.75) is 19.8 Å². The lowest BCUT2D eigenvalue weighted by Crippen LogP contribution is -2.16. The van der Waals surface area contributed by atoms with Crippen molar-refractivity contribution >= 4 is 15.9 Å². The molecule has 2 atom stereocenters. The van der Waals surface area contributed by atoms with Crippen LogP contribution in [-0.4, -0.2) is 6.54 Å². The summed E-state index contributed by atoms with van der Waals surface area (Å²) in [5.74, 6) is 1.08. The van der Waals surface area contributed by atoms with Crippen molar-refractivity contribution in [2.75, 3.05) is 6.54 Å². The highest BCUT2D eigenvalue weighted by atomic mass is 79.9. The Bertz CT molecular complexity index is 255. The van der Waals surface area contributed by atoms with E-state index >= 15 is 0 Å². The van der Waals surface area contributed by atoms with E-state index in [1.807, 2.05) is 0 Å². The first kappa shape index (κ1) is 10.7. The molecule has 72 valence electrons. The molecule has 0 amide bonds. The minimum absolute atomic E-state index is 0.540. The van der Waals surface area contributed by atoms with Crippen LogP contribution in [0.3, 0.4) is 0 Å². The van der Waals surface area contributed by atoms with Gasteiger partial charge in [-0.1, -0.05) is 41.9 Å². The molecule has 0 fully saturated rings. The van der Waals surface area contributed by atoms with Crippen molar-refractivity contribution in [3.05, 3.63) is 34.3 Å². The van der Waals surface area contributed by atoms with Crippen molar-refractivity contribution in [1.29, 1.82) is 0 Å². The third-order valence-electron chi connectivity index (χ3n) is 2.62. The Morgan fingerprint density at radius 3 is 2.23 bits per heavy atom. The van der Waals surface area contributed by atoms with Crippen LogP contribution in [0.2, 0.25) is 0 Å². The van der Waals surface area contributed by atoms with Gasteiger partial charge in [0.15, 0.2) is 0 Å². The van der Waals surface area contributed by atoms with E-state index in [2.05, 4.69) is 54.0 Å². The lowest BCUT2D eigenvalue weighted by atomic mass is 9.89. The summed E-state index contributed by atoms with van der Waals surface area (Å²) < 4.78 is 1.13. The molecule has 0 saturated carbocycles. The van der Waals surface area contributed by atoms with Crippen LogP contribution in [0.5, 0.6) is 0 Å². The van der Waals surface area contributed by atoms with E-state index < -0.39 is 0 Å². The van der Waals surface area contributed by atoms with Crippen LogP contribution in [0, 0.1) is 5.92 Å². The second-order valence-corrected chi connectivity index (χ2v) is 4.47. The Labute approximate surface area is 88.5 Å². The van der Waals surface area contributed by atoms with E-state index in [0.29, 0.717) is 11.8 Å². The van der Waals surface area contributed by atoms with E-state index in [1.54, 1.807) is 0 Å². The summed E-state index contributed by atoms with van der Waals surface area (Å²) in [7, 11) is 0. The van der Waals surface area contributed by atoms with Crippen molar-refractivity contribution in [3.63, 3.8) is 0 Å². The fraction of sp³-hybridized carbons (Fsp3) is 0.455. The van der Waals surface area contributed by atoms with E-state index in [1.165, 1.54) is 5.56 Å². The third kappa shape index (κ3) is 2.82. The molecule has 0 aliphatic rings. The van der Waals surface area contributed by atoms with Gasteiger partial charge < -0.3 is 5.73 Å². The first-order valence-electron chi connectivity index (χ1n) is 4.60. The predicted molar refractivity (Wildman–Crippen MR) is 60.8 cm³/mol. The van der Waals surface area contributed by atoms with Gasteiger partial charge in [-0.2, -0.15) is 0 Å². The quantitative estimate of drug-likeness (QED) is 0.865. The molecule has 1 nitrogen and oxygen atoms in total. The first-order valence-corrected chi connectivity index (χ1v) is 5.40. The van der Waals surface area contributed by atoms with E-state index in [-0.39, 0.29) is 0 Å². The van der Waals surface area contributed by atoms with Crippen LogP contribution in [-0.2, 0) is 0 Å². The summed E-state index contributed by atoms with van der Waals surface area (Å²) in [6.07, 6.45) is 0. The zero-order chi connectivity index (χ0) is 9.84. The molecule has 1 aromatic carbocycles. The molecular formula is C11H16BrN. The molecule has 1 rings (SSSR count). The third-order valence-corrected chi connectivity index (χ3v) is 3.15. The molecule has 0 aromatic heterocycles. The van der Waals surface area contributed by atoms with Gasteiger partial charge in [-0.05, 0) is 36.1 Å². The molecule has 2 N–H and O–H groups in total. The van der Waals surface area contributed by atoms with Gasteiger partial charge in [-0.25, -0.2) is 0 Å². The maximum absolute atomic E-state index is 5.63. The molecule has 0 aliphatic carbocycles. The summed E-state index contributed by atoms with van der Waals surface area (Å²) in [6, 6.07) is 8.46. The SMILES string of the molecule is CC(CN)C(C)c1ccc(Br)cc1. The Kier molecular flexibility index (Phi) is 3.94. The van der Waals surface area contributed by atoms with E-state index in [0.717, 1.165) is 11.0 Å². The Morgan fingerprint density at radius 2 is 1.77 bits per heavy atom. The van der Waals surface area contributed by atoms with Gasteiger partial charge in [0, 0.05) is 4.47 Å². The smallest absolute Gasteiger partial charge is 0.0175 e. The van der Waals surface area contributed by atoms with Crippen molar-refractivity contribution < 1.29 is 0 Å². The number of nitrogens with two attached hydrogens (primary N) is 1. The van der Waals surface area contributed by atoms with Crippen LogP contribution < -0.4 is 5.73 Å². The minimum atomic E-state index is 0.540. The molecule has 0 aliphatic heterocycles. The number of benzene rings is 1. The number of hydrogen-bond acceptors (Lipinski definition) is 1. The second kappa shape index (κ2) is 4.77. The summed E-state index contributed by atoms with van der Waals surface area (Å²) in [5.41, 5.74) is 6.99. The lowest BCUT2D eigenvalue weighted by Gasteiger charge is -2.18. The number of rotatable bonds is 3. The fourth-order valence-electron chi connectivity index (χ4n) is 1.30. The monoisotopic (exact) mass is 241 g/mol. The highest BCUT2D eigenvalue weighted by Gasteiger charge is 2.11. The van der Waals surface area contributed by atoms with Gasteiger partial charge >= 0.3 is 0 Å². The van der Waals surface area contributed by atoms with Gasteiger partial charge in [-0.15, -0.1) is 0 Å². The van der Waals surface area contributed by atoms with Gasteiger partial charge in [0.2, 0.25) is 0 Å². The maximum Gasteiger partial charge on any atom is 0.0175 e. The number of halogens is 1. The second-order valence-electron chi connectivity index (χ2n) is 3.55. The topological polar surface area (TPSA) is 26.0 Å². The van der Waals surface area contributed by atoms with Crippen molar-refractivity contribution in [2.24, 2.45) is 11.7 Å². The predicted octanol–water partition coefficient (Wildman–Crippen LogP) is 3.15. The van der Waals surface area contributed by atoms with E-state index in [4.69, 9.17) is 5.73 Å². The zero-order valence-corrected chi connectivity index (χ0v) is 9.71. The molecule has 13 heavy (non-hydrogen) atoms. The van der Waals surface area contributed by atoms with Crippen LogP contribution >= 0.6 is 15.9 Å². The highest BCUT2D eigenvalue weighted by molar-refractivity contribution is 9.10. The summed E-state index contributed by atoms with van der Waals surface area (Å²) in [5, 5.41) is 0. The molecule has 0 saturated heterocycles. The highest BCUT2D eigenvalue weighted by Crippen LogP contribution is 2.24. The normalized spacial score (nSPS) is 15.4. The van der Waals surface area contributed by atoms with Crippen molar-refractivity contribution in [1.82, 2.24) is 0 Å². The molecule has 2 unspecified atom stereocenters. The molecule has 0 heterocycles. The van der Waals surface area contributed by atoms with Crippen LogP contribution in [0.25, 0.3) is 0 Å². The zero-order valence-electron chi connectivity index (χ0n) is 8.13. The summed E-state index contributed by atoms with van der Waals surface area (Å²) >= 11 is 3.42. The number of hydrogen-bond donors (Lipinski definition) is 1. The lowest BCUT2D eigenvalue weighted by molar-refractivity contribution is 0.499. The molecule has 0 bridgehead atoms. The Balaban J connectivity index is 2.77. The van der Waals surface area contributed by atoms with E-state index in [9.17, 15) is 0 Å². The largest absolute Gasteiger partial charge is 0.330 e. The van der Waals surface area contributed by atoms with Gasteiger partial charge in [0.1, 0.15) is 0 Å². The Morgan fingerprint density at radius 1 is 1.23 bits per heavy atom. The maximum atomic E-state index is 5.63. The fourth-order valence-corrected chi connectivity index (χ4v) is 1.56. The van der Waals surface area contributed by atoms with Gasteiger partial charge in [0.05, 0.1) is 0 Å². The molecule has 1 aromatic rings. The molecule has 0 radical (unpaired) electrons. The standard InChI is InChI=1S/C11H16BrN/c1-8(7-13)9(2)10-3-5-11(12)6-4-10/h3-6,8-9H,7,13H2,1-2H3. The molecule has 0 spiro atoms. The average molecular weight is 242 g/mol.